The molecule has 0 bridgehead atoms. The van der Waals surface area contributed by atoms with Crippen molar-refractivity contribution in [2.45, 2.75) is 0 Å². The normalized spacial score (nSPS) is 15.7. The van der Waals surface area contributed by atoms with Gasteiger partial charge >= 0.3 is 0 Å². The monoisotopic (exact) mass is 403 g/mol. The van der Waals surface area contributed by atoms with Crippen molar-refractivity contribution in [1.82, 2.24) is 5.43 Å². The van der Waals surface area contributed by atoms with Crippen LogP contribution in [0.4, 0.5) is 15.8 Å². The van der Waals surface area contributed by atoms with Crippen molar-refractivity contribution in [3.63, 3.8) is 0 Å². The van der Waals surface area contributed by atoms with Crippen LogP contribution in [0.5, 0.6) is 0 Å². The molecule has 5 nitrogen and oxygen atoms in total. The van der Waals surface area contributed by atoms with Crippen LogP contribution in [0.15, 0.2) is 52.5 Å². The predicted octanol–water partition coefficient (Wildman–Crippen LogP) is 3.12. The highest BCUT2D eigenvalue weighted by molar-refractivity contribution is 9.10. The van der Waals surface area contributed by atoms with Gasteiger partial charge in [0.25, 0.3) is 11.8 Å². The van der Waals surface area contributed by atoms with E-state index in [2.05, 4.69) is 21.4 Å². The Morgan fingerprint density at radius 2 is 1.80 bits per heavy atom. The lowest BCUT2D eigenvalue weighted by molar-refractivity contribution is -0.117. The van der Waals surface area contributed by atoms with Gasteiger partial charge in [-0.2, -0.15) is 0 Å². The van der Waals surface area contributed by atoms with E-state index in [1.807, 2.05) is 37.2 Å². The Kier molecular flexibility index (Phi) is 4.59. The van der Waals surface area contributed by atoms with Gasteiger partial charge in [0.2, 0.25) is 0 Å². The van der Waals surface area contributed by atoms with Crippen LogP contribution in [0.3, 0.4) is 0 Å². The minimum Gasteiger partial charge on any atom is -0.377 e. The lowest BCUT2D eigenvalue weighted by atomic mass is 10.1. The van der Waals surface area contributed by atoms with Gasteiger partial charge in [-0.3, -0.25) is 15.0 Å². The zero-order valence-corrected chi connectivity index (χ0v) is 15.2. The Bertz CT molecular complexity index is 878. The Labute approximate surface area is 152 Å². The van der Waals surface area contributed by atoms with E-state index in [1.165, 1.54) is 30.3 Å². The number of benzene rings is 2. The average Bonchev–Trinajstić information content (AvgIpc) is 2.83. The number of carbonyl (C=O) groups excluding carboxylic acids is 2. The Hall–Kier alpha value is -2.67. The molecule has 1 N–H and O–H groups in total. The van der Waals surface area contributed by atoms with Crippen molar-refractivity contribution >= 4 is 45.2 Å². The minimum absolute atomic E-state index is 0.0221. The molecule has 2 aromatic carbocycles. The van der Waals surface area contributed by atoms with Crippen molar-refractivity contribution < 1.29 is 14.0 Å². The topological polar surface area (TPSA) is 52.7 Å². The summed E-state index contributed by atoms with van der Waals surface area (Å²) in [5.41, 5.74) is 4.61. The number of nitrogens with one attached hydrogen (secondary N) is 1. The van der Waals surface area contributed by atoms with Crippen molar-refractivity contribution in [1.29, 1.82) is 0 Å². The molecule has 128 valence electrons. The quantitative estimate of drug-likeness (QED) is 0.632. The maximum absolute atomic E-state index is 13.0. The number of amides is 2. The first-order chi connectivity index (χ1) is 11.9. The lowest BCUT2D eigenvalue weighted by Crippen LogP contribution is -2.35. The average molecular weight is 404 g/mol. The number of carbonyl (C=O) groups is 2. The number of hydrazine groups is 1. The van der Waals surface area contributed by atoms with E-state index in [9.17, 15) is 14.0 Å². The van der Waals surface area contributed by atoms with Crippen LogP contribution in [0, 0.1) is 5.82 Å². The maximum Gasteiger partial charge on any atom is 0.282 e. The van der Waals surface area contributed by atoms with E-state index in [-0.39, 0.29) is 5.57 Å². The molecule has 1 aliphatic rings. The molecule has 0 unspecified atom stereocenters. The number of halogens is 2. The highest BCUT2D eigenvalue weighted by atomic mass is 79.9. The lowest BCUT2D eigenvalue weighted by Gasteiger charge is -2.15. The summed E-state index contributed by atoms with van der Waals surface area (Å²) in [5.74, 6) is -1.39. The molecule has 0 aromatic heterocycles. The number of nitrogens with zero attached hydrogens (tertiary/aromatic N) is 2. The highest BCUT2D eigenvalue weighted by Crippen LogP contribution is 2.28. The summed E-state index contributed by atoms with van der Waals surface area (Å²) in [7, 11) is 3.85. The summed E-state index contributed by atoms with van der Waals surface area (Å²) in [6.45, 7) is 0. The van der Waals surface area contributed by atoms with E-state index >= 15 is 0 Å². The first-order valence-electron chi connectivity index (χ1n) is 7.46. The number of rotatable bonds is 3. The standard InChI is InChI=1S/C18H15BrFN3O2/c1-22(2)16-8-3-11(10-15(16)19)9-14-17(24)21-23(18(14)25)13-6-4-12(20)5-7-13/h3-10H,1-2H3,(H,21,24)/b14-9-. The maximum atomic E-state index is 13.0. The third-order valence-corrected chi connectivity index (χ3v) is 4.38. The van der Waals surface area contributed by atoms with E-state index < -0.39 is 17.6 Å². The Morgan fingerprint density at radius 1 is 1.12 bits per heavy atom. The van der Waals surface area contributed by atoms with Crippen LogP contribution in [-0.4, -0.2) is 25.9 Å². The third-order valence-electron chi connectivity index (χ3n) is 3.74. The summed E-state index contributed by atoms with van der Waals surface area (Å²) in [6.07, 6.45) is 1.53. The molecule has 1 aliphatic heterocycles. The number of hydrogen-bond acceptors (Lipinski definition) is 3. The van der Waals surface area contributed by atoms with E-state index in [0.29, 0.717) is 5.69 Å². The molecule has 7 heteroatoms. The first kappa shape index (κ1) is 17.2. The van der Waals surface area contributed by atoms with Gasteiger partial charge in [0.1, 0.15) is 11.4 Å². The van der Waals surface area contributed by atoms with Gasteiger partial charge in [-0.05, 0) is 64.0 Å². The third kappa shape index (κ3) is 3.41. The van der Waals surface area contributed by atoms with Crippen LogP contribution in [0.2, 0.25) is 0 Å². The molecule has 1 heterocycles. The van der Waals surface area contributed by atoms with Gasteiger partial charge in [-0.15, -0.1) is 0 Å². The van der Waals surface area contributed by atoms with Gasteiger partial charge < -0.3 is 4.90 Å². The summed E-state index contributed by atoms with van der Waals surface area (Å²) in [4.78, 5) is 26.6. The molecule has 0 spiro atoms. The summed E-state index contributed by atoms with van der Waals surface area (Å²) >= 11 is 3.48. The van der Waals surface area contributed by atoms with E-state index in [4.69, 9.17) is 0 Å². The van der Waals surface area contributed by atoms with Gasteiger partial charge in [0.15, 0.2) is 0 Å². The second-order valence-electron chi connectivity index (χ2n) is 5.72. The molecule has 0 atom stereocenters. The van der Waals surface area contributed by atoms with Crippen molar-refractivity contribution in [3.8, 4) is 0 Å². The zero-order chi connectivity index (χ0) is 18.1. The second kappa shape index (κ2) is 6.68. The predicted molar refractivity (Wildman–Crippen MR) is 98.5 cm³/mol. The molecule has 0 aliphatic carbocycles. The zero-order valence-electron chi connectivity index (χ0n) is 13.6. The van der Waals surface area contributed by atoms with Crippen LogP contribution in [-0.2, 0) is 9.59 Å². The fourth-order valence-electron chi connectivity index (χ4n) is 2.47. The fraction of sp³-hybridized carbons (Fsp3) is 0.111. The summed E-state index contributed by atoms with van der Waals surface area (Å²) in [5, 5.41) is 1.11. The molecule has 1 saturated heterocycles. The van der Waals surface area contributed by atoms with Crippen LogP contribution in [0.1, 0.15) is 5.56 Å². The minimum atomic E-state index is -0.498. The SMILES string of the molecule is CN(C)c1ccc(/C=C2/C(=O)NN(c3ccc(F)cc3)C2=O)cc1Br. The molecule has 25 heavy (non-hydrogen) atoms. The number of hydrogen-bond donors (Lipinski definition) is 1. The van der Waals surface area contributed by atoms with Crippen LogP contribution >= 0.6 is 15.9 Å². The van der Waals surface area contributed by atoms with Crippen LogP contribution < -0.4 is 15.3 Å². The summed E-state index contributed by atoms with van der Waals surface area (Å²) in [6, 6.07) is 10.9. The largest absolute Gasteiger partial charge is 0.377 e. The summed E-state index contributed by atoms with van der Waals surface area (Å²) < 4.78 is 13.9. The molecule has 2 aromatic rings. The van der Waals surface area contributed by atoms with Gasteiger partial charge in [-0.25, -0.2) is 9.40 Å². The molecule has 0 radical (unpaired) electrons. The number of anilines is 2. The molecule has 0 saturated carbocycles. The molecular weight excluding hydrogens is 389 g/mol. The van der Waals surface area contributed by atoms with Gasteiger partial charge in [0.05, 0.1) is 11.4 Å². The highest BCUT2D eigenvalue weighted by Gasteiger charge is 2.34. The fourth-order valence-corrected chi connectivity index (χ4v) is 3.22. The molecule has 1 fully saturated rings. The molecular formula is C18H15BrFN3O2. The Morgan fingerprint density at radius 3 is 2.40 bits per heavy atom. The van der Waals surface area contributed by atoms with Gasteiger partial charge in [-0.1, -0.05) is 6.07 Å². The van der Waals surface area contributed by atoms with E-state index in [1.54, 1.807) is 0 Å². The second-order valence-corrected chi connectivity index (χ2v) is 6.58. The van der Waals surface area contributed by atoms with Crippen molar-refractivity contribution in [2.75, 3.05) is 24.0 Å². The smallest absolute Gasteiger partial charge is 0.282 e. The Balaban J connectivity index is 1.91. The van der Waals surface area contributed by atoms with Crippen molar-refractivity contribution in [3.05, 3.63) is 63.9 Å². The van der Waals surface area contributed by atoms with E-state index in [0.717, 1.165) is 20.7 Å². The first-order valence-corrected chi connectivity index (χ1v) is 8.25. The van der Waals surface area contributed by atoms with Gasteiger partial charge in [0, 0.05) is 18.6 Å². The molecule has 2 amide bonds. The van der Waals surface area contributed by atoms with Crippen molar-refractivity contribution in [2.24, 2.45) is 0 Å². The molecule has 3 rings (SSSR count). The van der Waals surface area contributed by atoms with Crippen LogP contribution in [0.25, 0.3) is 6.08 Å².